The second kappa shape index (κ2) is 4.02. The Morgan fingerprint density at radius 3 is 3.17 bits per heavy atom. The maximum Gasteiger partial charge on any atom is 0.218 e. The normalized spacial score (nSPS) is 37.4. The van der Waals surface area contributed by atoms with E-state index >= 15 is 0 Å². The van der Waals surface area contributed by atoms with Crippen LogP contribution >= 0.6 is 27.7 Å². The molecule has 6 heteroatoms. The van der Waals surface area contributed by atoms with E-state index in [2.05, 4.69) is 25.9 Å². The van der Waals surface area contributed by atoms with Crippen LogP contribution in [0.5, 0.6) is 0 Å². The smallest absolute Gasteiger partial charge is 0.218 e. The molecule has 0 bridgehead atoms. The Morgan fingerprint density at radius 1 is 1.67 bits per heavy atom. The number of hydrogen-bond acceptors (Lipinski definition) is 4. The molecule has 1 aromatic rings. The standard InChI is InChI=1S/C12H12BrFN2OS/c1-11(8-2-7(13)4-15-10(8)14)9-3-12(9,5-17)18-6-16-11/h2,4,6,9,17H,3,5H2,1H3/t9-,11+,12+/m0/s1. The van der Waals surface area contributed by atoms with Gasteiger partial charge in [0.1, 0.15) is 0 Å². The van der Waals surface area contributed by atoms with E-state index in [-0.39, 0.29) is 17.3 Å². The third-order valence-electron chi connectivity index (χ3n) is 3.93. The van der Waals surface area contributed by atoms with Crippen LogP contribution in [0.1, 0.15) is 18.9 Å². The molecule has 3 rings (SSSR count). The average molecular weight is 331 g/mol. The van der Waals surface area contributed by atoms with E-state index in [9.17, 15) is 9.50 Å². The van der Waals surface area contributed by atoms with Crippen molar-refractivity contribution in [2.24, 2.45) is 10.9 Å². The van der Waals surface area contributed by atoms with Gasteiger partial charge in [0.25, 0.3) is 0 Å². The molecule has 2 aliphatic rings. The van der Waals surface area contributed by atoms with Crippen LogP contribution in [-0.4, -0.2) is 27.0 Å². The molecule has 0 amide bonds. The van der Waals surface area contributed by atoms with Gasteiger partial charge < -0.3 is 5.11 Å². The molecule has 1 aliphatic carbocycles. The van der Waals surface area contributed by atoms with E-state index in [0.29, 0.717) is 5.56 Å². The second-order valence-corrected chi connectivity index (χ2v) is 7.15. The number of aliphatic hydroxyl groups excluding tert-OH is 1. The molecule has 0 spiro atoms. The van der Waals surface area contributed by atoms with Crippen LogP contribution in [0.4, 0.5) is 4.39 Å². The molecule has 1 fully saturated rings. The SMILES string of the molecule is C[C@]1(c2cc(Br)cnc2F)N=CS[C@@]2(CO)C[C@H]21. The van der Waals surface area contributed by atoms with E-state index in [1.807, 2.05) is 6.92 Å². The lowest BCUT2D eigenvalue weighted by Crippen LogP contribution is -2.33. The number of aliphatic imine (C=N–C) groups is 1. The first-order chi connectivity index (χ1) is 8.52. The van der Waals surface area contributed by atoms with Gasteiger partial charge in [0.2, 0.25) is 5.95 Å². The first-order valence-electron chi connectivity index (χ1n) is 5.66. The molecule has 1 N–H and O–H groups in total. The van der Waals surface area contributed by atoms with Gasteiger partial charge in [-0.1, -0.05) is 0 Å². The van der Waals surface area contributed by atoms with Crippen LogP contribution in [0.25, 0.3) is 0 Å². The van der Waals surface area contributed by atoms with E-state index in [1.165, 1.54) is 6.20 Å². The number of aromatic nitrogens is 1. The summed E-state index contributed by atoms with van der Waals surface area (Å²) in [6.07, 6.45) is 2.30. The van der Waals surface area contributed by atoms with Crippen molar-refractivity contribution in [1.82, 2.24) is 4.98 Å². The summed E-state index contributed by atoms with van der Waals surface area (Å²) in [6.45, 7) is 2.02. The highest BCUT2D eigenvalue weighted by molar-refractivity contribution is 9.10. The highest BCUT2D eigenvalue weighted by Gasteiger charge is 2.65. The summed E-state index contributed by atoms with van der Waals surface area (Å²) in [5.74, 6) is -0.320. The summed E-state index contributed by atoms with van der Waals surface area (Å²) in [5.41, 5.74) is 1.60. The number of thioether (sulfide) groups is 1. The first kappa shape index (κ1) is 12.6. The molecule has 3 atom stereocenters. The Labute approximate surface area is 117 Å². The number of halogens is 2. The number of fused-ring (bicyclic) bond motifs is 1. The summed E-state index contributed by atoms with van der Waals surface area (Å²) >= 11 is 4.87. The average Bonchev–Trinajstić information content (AvgIpc) is 3.09. The molecule has 0 saturated heterocycles. The topological polar surface area (TPSA) is 45.5 Å². The van der Waals surface area contributed by atoms with Crippen molar-refractivity contribution in [3.63, 3.8) is 0 Å². The lowest BCUT2D eigenvalue weighted by molar-refractivity contribution is 0.265. The largest absolute Gasteiger partial charge is 0.395 e. The van der Waals surface area contributed by atoms with Gasteiger partial charge in [-0.05, 0) is 35.3 Å². The minimum absolute atomic E-state index is 0.104. The highest BCUT2D eigenvalue weighted by atomic mass is 79.9. The van der Waals surface area contributed by atoms with Gasteiger partial charge in [0.15, 0.2) is 0 Å². The van der Waals surface area contributed by atoms with Gasteiger partial charge >= 0.3 is 0 Å². The quantitative estimate of drug-likeness (QED) is 0.848. The summed E-state index contributed by atoms with van der Waals surface area (Å²) in [7, 11) is 0. The molecule has 1 aliphatic heterocycles. The van der Waals surface area contributed by atoms with Crippen molar-refractivity contribution < 1.29 is 9.50 Å². The van der Waals surface area contributed by atoms with Crippen molar-refractivity contribution in [1.29, 1.82) is 0 Å². The van der Waals surface area contributed by atoms with Gasteiger partial charge in [0, 0.05) is 22.2 Å². The van der Waals surface area contributed by atoms with E-state index < -0.39 is 11.5 Å². The van der Waals surface area contributed by atoms with Crippen LogP contribution in [-0.2, 0) is 5.54 Å². The van der Waals surface area contributed by atoms with Crippen LogP contribution in [0, 0.1) is 11.9 Å². The van der Waals surface area contributed by atoms with Crippen LogP contribution in [0.2, 0.25) is 0 Å². The van der Waals surface area contributed by atoms with Gasteiger partial charge in [0.05, 0.1) is 22.4 Å². The maximum atomic E-state index is 13.9. The molecular formula is C12H12BrFN2OS. The maximum absolute atomic E-state index is 13.9. The van der Waals surface area contributed by atoms with Crippen molar-refractivity contribution in [2.45, 2.75) is 23.6 Å². The molecular weight excluding hydrogens is 319 g/mol. The lowest BCUT2D eigenvalue weighted by Gasteiger charge is -2.31. The monoisotopic (exact) mass is 330 g/mol. The predicted octanol–water partition coefficient (Wildman–Crippen LogP) is 2.72. The third kappa shape index (κ3) is 1.66. The fourth-order valence-electron chi connectivity index (χ4n) is 2.71. The van der Waals surface area contributed by atoms with Gasteiger partial charge in [-0.25, -0.2) is 4.98 Å². The zero-order chi connectivity index (χ0) is 13.0. The Bertz CT molecular complexity index is 541. The summed E-state index contributed by atoms with van der Waals surface area (Å²) in [4.78, 5) is 8.22. The third-order valence-corrected chi connectivity index (χ3v) is 5.62. The fourth-order valence-corrected chi connectivity index (χ4v) is 4.25. The molecule has 0 aromatic carbocycles. The van der Waals surface area contributed by atoms with Crippen LogP contribution in [0.3, 0.4) is 0 Å². The minimum atomic E-state index is -0.630. The molecule has 3 nitrogen and oxygen atoms in total. The Balaban J connectivity index is 2.08. The summed E-state index contributed by atoms with van der Waals surface area (Å²) < 4.78 is 14.5. The molecule has 0 unspecified atom stereocenters. The zero-order valence-corrected chi connectivity index (χ0v) is 12.1. The molecule has 96 valence electrons. The van der Waals surface area contributed by atoms with Crippen LogP contribution in [0.15, 0.2) is 21.7 Å². The van der Waals surface area contributed by atoms with Gasteiger partial charge in [-0.3, -0.25) is 4.99 Å². The van der Waals surface area contributed by atoms with E-state index in [4.69, 9.17) is 0 Å². The molecule has 1 aromatic heterocycles. The van der Waals surface area contributed by atoms with Gasteiger partial charge in [-0.15, -0.1) is 11.8 Å². The molecule has 2 heterocycles. The predicted molar refractivity (Wildman–Crippen MR) is 73.3 cm³/mol. The molecule has 1 saturated carbocycles. The fraction of sp³-hybridized carbons (Fsp3) is 0.500. The molecule has 18 heavy (non-hydrogen) atoms. The number of aliphatic hydroxyl groups is 1. The molecule has 0 radical (unpaired) electrons. The summed E-state index contributed by atoms with van der Waals surface area (Å²) in [6, 6.07) is 1.73. The second-order valence-electron chi connectivity index (χ2n) is 4.97. The zero-order valence-electron chi connectivity index (χ0n) is 9.73. The van der Waals surface area contributed by atoms with Crippen LogP contribution < -0.4 is 0 Å². The number of rotatable bonds is 2. The Hall–Kier alpha value is -0.460. The number of hydrogen-bond donors (Lipinski definition) is 1. The van der Waals surface area contributed by atoms with Gasteiger partial charge in [-0.2, -0.15) is 4.39 Å². The van der Waals surface area contributed by atoms with Crippen molar-refractivity contribution >= 4 is 33.2 Å². The van der Waals surface area contributed by atoms with E-state index in [1.54, 1.807) is 23.4 Å². The first-order valence-corrected chi connectivity index (χ1v) is 7.33. The van der Waals surface area contributed by atoms with Crippen molar-refractivity contribution in [3.05, 3.63) is 28.2 Å². The Kier molecular flexibility index (Phi) is 2.80. The minimum Gasteiger partial charge on any atom is -0.395 e. The number of nitrogens with zero attached hydrogens (tertiary/aromatic N) is 2. The van der Waals surface area contributed by atoms with E-state index in [0.717, 1.165) is 10.9 Å². The summed E-state index contributed by atoms with van der Waals surface area (Å²) in [5, 5.41) is 9.49. The highest BCUT2D eigenvalue weighted by Crippen LogP contribution is 2.64. The van der Waals surface area contributed by atoms with Crippen molar-refractivity contribution in [3.8, 4) is 0 Å². The van der Waals surface area contributed by atoms with Crippen molar-refractivity contribution in [2.75, 3.05) is 6.61 Å². The Morgan fingerprint density at radius 2 is 2.44 bits per heavy atom. The number of pyridine rings is 1. The lowest BCUT2D eigenvalue weighted by atomic mass is 9.87.